The smallest absolute Gasteiger partial charge is 0.287 e. The molecule has 2 N–H and O–H groups in total. The summed E-state index contributed by atoms with van der Waals surface area (Å²) in [4.78, 5) is 0.190. The average molecular weight is 315 g/mol. The summed E-state index contributed by atoms with van der Waals surface area (Å²) in [5, 5.41) is 6.00. The molecule has 5 nitrogen and oxygen atoms in total. The molecule has 3 rings (SSSR count). The van der Waals surface area contributed by atoms with Crippen molar-refractivity contribution in [3.05, 3.63) is 54.1 Å². The SMILES string of the molecule is CC(C)c1ccc(NC2=NS(=O)(=O)c3ccccc3N2)cc1. The number of rotatable bonds is 2. The monoisotopic (exact) mass is 315 g/mol. The standard InChI is InChI=1S/C16H17N3O2S/c1-11(2)12-7-9-13(10-8-12)17-16-18-14-5-3-4-6-15(14)22(20,21)19-16/h3-11H,1-2H3,(H2,17,18,19). The summed E-state index contributed by atoms with van der Waals surface area (Å²) >= 11 is 0. The van der Waals surface area contributed by atoms with E-state index in [1.807, 2.05) is 24.3 Å². The van der Waals surface area contributed by atoms with Gasteiger partial charge in [0, 0.05) is 5.69 Å². The molecular formula is C16H17N3O2S. The minimum atomic E-state index is -3.67. The third kappa shape index (κ3) is 2.82. The molecule has 0 amide bonds. The van der Waals surface area contributed by atoms with E-state index >= 15 is 0 Å². The highest BCUT2D eigenvalue weighted by molar-refractivity contribution is 7.90. The van der Waals surface area contributed by atoms with Gasteiger partial charge in [0.15, 0.2) is 0 Å². The predicted octanol–water partition coefficient (Wildman–Crippen LogP) is 3.39. The normalized spacial score (nSPS) is 15.7. The Balaban J connectivity index is 1.87. The highest BCUT2D eigenvalue weighted by Crippen LogP contribution is 2.27. The quantitative estimate of drug-likeness (QED) is 0.891. The Morgan fingerprint density at radius 1 is 1.05 bits per heavy atom. The number of hydrogen-bond donors (Lipinski definition) is 2. The molecule has 0 atom stereocenters. The topological polar surface area (TPSA) is 70.6 Å². The van der Waals surface area contributed by atoms with Gasteiger partial charge in [-0.05, 0) is 35.7 Å². The Labute approximate surface area is 130 Å². The fourth-order valence-electron chi connectivity index (χ4n) is 2.26. The van der Waals surface area contributed by atoms with Gasteiger partial charge in [0.25, 0.3) is 10.0 Å². The van der Waals surface area contributed by atoms with Crippen LogP contribution in [0.15, 0.2) is 57.8 Å². The number of guanidine groups is 1. The Morgan fingerprint density at radius 2 is 1.73 bits per heavy atom. The third-order valence-corrected chi connectivity index (χ3v) is 4.80. The summed E-state index contributed by atoms with van der Waals surface area (Å²) in [5.74, 6) is 0.655. The van der Waals surface area contributed by atoms with Crippen LogP contribution < -0.4 is 10.6 Å². The van der Waals surface area contributed by atoms with Crippen molar-refractivity contribution < 1.29 is 8.42 Å². The number of nitrogens with one attached hydrogen (secondary N) is 2. The summed E-state index contributed by atoms with van der Waals surface area (Å²) in [6.45, 7) is 4.25. The molecule has 6 heteroatoms. The first-order valence-corrected chi connectivity index (χ1v) is 8.48. The highest BCUT2D eigenvalue weighted by atomic mass is 32.2. The van der Waals surface area contributed by atoms with Crippen LogP contribution in [-0.4, -0.2) is 14.4 Å². The summed E-state index contributed by atoms with van der Waals surface area (Å²) < 4.78 is 28.1. The van der Waals surface area contributed by atoms with E-state index in [2.05, 4.69) is 28.9 Å². The van der Waals surface area contributed by atoms with E-state index in [-0.39, 0.29) is 10.9 Å². The van der Waals surface area contributed by atoms with Crippen molar-refractivity contribution in [2.75, 3.05) is 10.6 Å². The van der Waals surface area contributed by atoms with Gasteiger partial charge in [-0.1, -0.05) is 38.1 Å². The van der Waals surface area contributed by atoms with Gasteiger partial charge in [-0.3, -0.25) is 0 Å². The molecule has 1 aliphatic rings. The van der Waals surface area contributed by atoms with Crippen molar-refractivity contribution in [3.8, 4) is 0 Å². The van der Waals surface area contributed by atoms with Crippen molar-refractivity contribution in [2.45, 2.75) is 24.7 Å². The maximum Gasteiger partial charge on any atom is 0.287 e. The molecule has 0 saturated carbocycles. The van der Waals surface area contributed by atoms with Gasteiger partial charge in [-0.25, -0.2) is 0 Å². The summed E-state index contributed by atoms with van der Waals surface area (Å²) in [6.07, 6.45) is 0. The maximum absolute atomic E-state index is 12.1. The fraction of sp³-hybridized carbons (Fsp3) is 0.188. The van der Waals surface area contributed by atoms with E-state index in [1.54, 1.807) is 18.2 Å². The molecular weight excluding hydrogens is 298 g/mol. The molecule has 1 aliphatic heterocycles. The third-order valence-electron chi connectivity index (χ3n) is 3.47. The molecule has 0 bridgehead atoms. The highest BCUT2D eigenvalue weighted by Gasteiger charge is 2.24. The molecule has 0 aromatic heterocycles. The van der Waals surface area contributed by atoms with E-state index in [1.165, 1.54) is 11.6 Å². The Hall–Kier alpha value is -2.34. The van der Waals surface area contributed by atoms with Crippen LogP contribution in [0.25, 0.3) is 0 Å². The molecule has 114 valence electrons. The molecule has 0 aliphatic carbocycles. The first-order chi connectivity index (χ1) is 10.5. The minimum Gasteiger partial charge on any atom is -0.325 e. The number of nitrogens with zero attached hydrogens (tertiary/aromatic N) is 1. The number of para-hydroxylation sites is 1. The summed E-state index contributed by atoms with van der Waals surface area (Å²) in [5.41, 5.74) is 2.53. The molecule has 2 aromatic carbocycles. The van der Waals surface area contributed by atoms with Gasteiger partial charge >= 0.3 is 0 Å². The van der Waals surface area contributed by atoms with Crippen molar-refractivity contribution >= 4 is 27.4 Å². The zero-order valence-electron chi connectivity index (χ0n) is 12.4. The molecule has 0 fully saturated rings. The Bertz CT molecular complexity index is 825. The minimum absolute atomic E-state index is 0.190. The van der Waals surface area contributed by atoms with Crippen LogP contribution in [0.3, 0.4) is 0 Å². The van der Waals surface area contributed by atoms with Gasteiger partial charge in [-0.2, -0.15) is 8.42 Å². The van der Waals surface area contributed by atoms with E-state index in [9.17, 15) is 8.42 Å². The average Bonchev–Trinajstić information content (AvgIpc) is 2.47. The summed E-state index contributed by atoms with van der Waals surface area (Å²) in [6, 6.07) is 14.6. The maximum atomic E-state index is 12.1. The van der Waals surface area contributed by atoms with Crippen molar-refractivity contribution in [1.29, 1.82) is 0 Å². The first-order valence-electron chi connectivity index (χ1n) is 7.04. The second-order valence-corrected chi connectivity index (χ2v) is 7.01. The zero-order chi connectivity index (χ0) is 15.7. The zero-order valence-corrected chi connectivity index (χ0v) is 13.2. The van der Waals surface area contributed by atoms with Crippen molar-refractivity contribution in [2.24, 2.45) is 4.40 Å². The lowest BCUT2D eigenvalue weighted by molar-refractivity contribution is 0.598. The van der Waals surface area contributed by atoms with Gasteiger partial charge in [0.1, 0.15) is 4.90 Å². The van der Waals surface area contributed by atoms with Crippen LogP contribution in [0, 0.1) is 0 Å². The number of benzene rings is 2. The molecule has 0 saturated heterocycles. The predicted molar refractivity (Wildman–Crippen MR) is 88.8 cm³/mol. The van der Waals surface area contributed by atoms with Crippen LogP contribution in [0.4, 0.5) is 11.4 Å². The first kappa shape index (κ1) is 14.6. The van der Waals surface area contributed by atoms with E-state index in [4.69, 9.17) is 0 Å². The van der Waals surface area contributed by atoms with Crippen molar-refractivity contribution in [1.82, 2.24) is 0 Å². The van der Waals surface area contributed by atoms with Crippen LogP contribution in [0.1, 0.15) is 25.3 Å². The van der Waals surface area contributed by atoms with Crippen LogP contribution in [-0.2, 0) is 10.0 Å². The van der Waals surface area contributed by atoms with E-state index in [0.29, 0.717) is 11.6 Å². The van der Waals surface area contributed by atoms with Gasteiger partial charge in [0.2, 0.25) is 5.96 Å². The fourth-order valence-corrected chi connectivity index (χ4v) is 3.33. The second kappa shape index (κ2) is 5.46. The Morgan fingerprint density at radius 3 is 2.41 bits per heavy atom. The molecule has 1 heterocycles. The van der Waals surface area contributed by atoms with Gasteiger partial charge < -0.3 is 10.6 Å². The largest absolute Gasteiger partial charge is 0.325 e. The lowest BCUT2D eigenvalue weighted by Crippen LogP contribution is -2.28. The molecule has 2 aromatic rings. The lowest BCUT2D eigenvalue weighted by atomic mass is 10.0. The Kier molecular flexibility index (Phi) is 3.62. The number of sulfonamides is 1. The number of fused-ring (bicyclic) bond motifs is 1. The van der Waals surface area contributed by atoms with E-state index < -0.39 is 10.0 Å². The molecule has 0 spiro atoms. The van der Waals surface area contributed by atoms with Crippen LogP contribution in [0.5, 0.6) is 0 Å². The second-order valence-electron chi connectivity index (χ2n) is 5.44. The van der Waals surface area contributed by atoms with Crippen LogP contribution in [0.2, 0.25) is 0 Å². The number of hydrogen-bond acceptors (Lipinski definition) is 4. The van der Waals surface area contributed by atoms with Crippen molar-refractivity contribution in [3.63, 3.8) is 0 Å². The van der Waals surface area contributed by atoms with E-state index in [0.717, 1.165) is 5.69 Å². The van der Waals surface area contributed by atoms with Gasteiger partial charge in [0.05, 0.1) is 5.69 Å². The lowest BCUT2D eigenvalue weighted by Gasteiger charge is -2.19. The molecule has 0 radical (unpaired) electrons. The summed E-state index contributed by atoms with van der Waals surface area (Å²) in [7, 11) is -3.67. The number of anilines is 2. The van der Waals surface area contributed by atoms with Crippen LogP contribution >= 0.6 is 0 Å². The molecule has 0 unspecified atom stereocenters. The molecule has 22 heavy (non-hydrogen) atoms. The van der Waals surface area contributed by atoms with Gasteiger partial charge in [-0.15, -0.1) is 4.40 Å².